The summed E-state index contributed by atoms with van der Waals surface area (Å²) >= 11 is 0. The minimum absolute atomic E-state index is 0.0296. The van der Waals surface area contributed by atoms with Crippen molar-refractivity contribution >= 4 is 23.4 Å². The number of carbonyl (C=O) groups excluding carboxylic acids is 3. The molecule has 1 N–H and O–H groups in total. The second-order valence-corrected chi connectivity index (χ2v) is 8.41. The summed E-state index contributed by atoms with van der Waals surface area (Å²) in [5.41, 5.74) is 1.04. The number of hydrogen-bond donors (Lipinski definition) is 1. The number of piperazine rings is 1. The van der Waals surface area contributed by atoms with Gasteiger partial charge in [-0.15, -0.1) is 0 Å². The van der Waals surface area contributed by atoms with Crippen LogP contribution in [0.1, 0.15) is 38.7 Å². The fraction of sp³-hybridized carbons (Fsp3) is 0.476. The van der Waals surface area contributed by atoms with Gasteiger partial charge in [0.25, 0.3) is 5.91 Å². The molecule has 140 valence electrons. The Morgan fingerprint density at radius 3 is 2.78 bits per heavy atom. The molecule has 1 aromatic carbocycles. The van der Waals surface area contributed by atoms with Gasteiger partial charge in [-0.1, -0.05) is 32.0 Å². The summed E-state index contributed by atoms with van der Waals surface area (Å²) in [5, 5.41) is 2.98. The number of benzene rings is 1. The number of nitrogens with one attached hydrogen (secondary N) is 1. The van der Waals surface area contributed by atoms with E-state index in [1.807, 2.05) is 24.3 Å². The van der Waals surface area contributed by atoms with Gasteiger partial charge >= 0.3 is 0 Å². The Balaban J connectivity index is 1.72. The molecule has 4 heterocycles. The average molecular weight is 365 g/mol. The van der Waals surface area contributed by atoms with Crippen LogP contribution in [0.2, 0.25) is 0 Å². The molecule has 1 spiro atoms. The van der Waals surface area contributed by atoms with Crippen LogP contribution in [0.5, 0.6) is 0 Å². The molecule has 4 aliphatic heterocycles. The summed E-state index contributed by atoms with van der Waals surface area (Å²) < 4.78 is 0. The molecule has 0 radical (unpaired) electrons. The van der Waals surface area contributed by atoms with Crippen molar-refractivity contribution < 1.29 is 14.4 Å². The summed E-state index contributed by atoms with van der Waals surface area (Å²) in [6.45, 7) is 4.79. The standard InChI is InChI=1S/C21H23N3O3/c1-12(2)10-17-21(13-6-3-4-7-14(13)22-20(21)27)11-16-18(25)23-9-5-8-15(23)19(26)24(16)17/h3-4,6-7,11-12,15,17H,5,8-10H2,1-2H3,(H,22,27)/t15-,17-,21-/m0/s1. The van der Waals surface area contributed by atoms with Crippen molar-refractivity contribution in [3.63, 3.8) is 0 Å². The first-order valence-electron chi connectivity index (χ1n) is 9.73. The summed E-state index contributed by atoms with van der Waals surface area (Å²) in [4.78, 5) is 43.1. The van der Waals surface area contributed by atoms with Gasteiger partial charge in [0, 0.05) is 12.2 Å². The van der Waals surface area contributed by atoms with E-state index in [9.17, 15) is 14.4 Å². The minimum atomic E-state index is -0.985. The SMILES string of the molecule is CC(C)C[C@@H]1N2C(=O)[C@@H]3CCCN3C(=O)C2=C[C@@]12C(=O)Nc1ccccc12. The van der Waals surface area contributed by atoms with Crippen molar-refractivity contribution in [3.8, 4) is 0 Å². The molecular weight excluding hydrogens is 342 g/mol. The molecule has 0 bridgehead atoms. The first-order chi connectivity index (χ1) is 12.9. The van der Waals surface area contributed by atoms with Crippen LogP contribution >= 0.6 is 0 Å². The van der Waals surface area contributed by atoms with E-state index in [0.717, 1.165) is 17.7 Å². The lowest BCUT2D eigenvalue weighted by molar-refractivity contribution is -0.150. The number of anilines is 1. The van der Waals surface area contributed by atoms with Gasteiger partial charge in [0.15, 0.2) is 0 Å². The first kappa shape index (κ1) is 16.5. The number of carbonyl (C=O) groups is 3. The van der Waals surface area contributed by atoms with Gasteiger partial charge in [-0.3, -0.25) is 14.4 Å². The van der Waals surface area contributed by atoms with Crippen LogP contribution in [0.25, 0.3) is 0 Å². The molecule has 6 heteroatoms. The van der Waals surface area contributed by atoms with Gasteiger partial charge in [-0.25, -0.2) is 0 Å². The zero-order chi connectivity index (χ0) is 18.9. The van der Waals surface area contributed by atoms with Crippen LogP contribution in [0.15, 0.2) is 36.0 Å². The Morgan fingerprint density at radius 2 is 2.00 bits per heavy atom. The average Bonchev–Trinajstić information content (AvgIpc) is 3.31. The third-order valence-electron chi connectivity index (χ3n) is 6.41. The van der Waals surface area contributed by atoms with E-state index in [1.54, 1.807) is 15.9 Å². The van der Waals surface area contributed by atoms with Crippen molar-refractivity contribution in [1.82, 2.24) is 9.80 Å². The lowest BCUT2D eigenvalue weighted by Gasteiger charge is -2.41. The molecule has 0 saturated carbocycles. The summed E-state index contributed by atoms with van der Waals surface area (Å²) in [7, 11) is 0. The fourth-order valence-electron chi connectivity index (χ4n) is 5.28. The highest BCUT2D eigenvalue weighted by Gasteiger charge is 2.62. The monoisotopic (exact) mass is 365 g/mol. The van der Waals surface area contributed by atoms with E-state index in [4.69, 9.17) is 0 Å². The number of fused-ring (bicyclic) bond motifs is 4. The van der Waals surface area contributed by atoms with Crippen LogP contribution in [0, 0.1) is 5.92 Å². The smallest absolute Gasteiger partial charge is 0.270 e. The van der Waals surface area contributed by atoms with Crippen molar-refractivity contribution in [1.29, 1.82) is 0 Å². The highest BCUT2D eigenvalue weighted by atomic mass is 16.2. The molecule has 0 aromatic heterocycles. The zero-order valence-electron chi connectivity index (χ0n) is 15.6. The van der Waals surface area contributed by atoms with Crippen LogP contribution in [0.4, 0.5) is 5.69 Å². The minimum Gasteiger partial charge on any atom is -0.325 e. The molecule has 0 aliphatic carbocycles. The molecule has 4 aliphatic rings. The van der Waals surface area contributed by atoms with Crippen LogP contribution < -0.4 is 5.32 Å². The third-order valence-corrected chi connectivity index (χ3v) is 6.41. The lowest BCUT2D eigenvalue weighted by atomic mass is 9.73. The Morgan fingerprint density at radius 1 is 1.22 bits per heavy atom. The summed E-state index contributed by atoms with van der Waals surface area (Å²) in [6.07, 6.45) is 3.99. The van der Waals surface area contributed by atoms with E-state index in [1.165, 1.54) is 0 Å². The number of hydrogen-bond acceptors (Lipinski definition) is 3. The molecule has 2 fully saturated rings. The fourth-order valence-corrected chi connectivity index (χ4v) is 5.28. The molecular formula is C21H23N3O3. The molecule has 3 amide bonds. The van der Waals surface area contributed by atoms with Gasteiger partial charge < -0.3 is 15.1 Å². The lowest BCUT2D eigenvalue weighted by Crippen LogP contribution is -2.59. The highest BCUT2D eigenvalue weighted by molar-refractivity contribution is 6.13. The van der Waals surface area contributed by atoms with Crippen LogP contribution in [0.3, 0.4) is 0 Å². The van der Waals surface area contributed by atoms with Crippen molar-refractivity contribution in [2.75, 3.05) is 11.9 Å². The van der Waals surface area contributed by atoms with E-state index in [-0.39, 0.29) is 35.7 Å². The van der Waals surface area contributed by atoms with Gasteiger partial charge in [-0.2, -0.15) is 0 Å². The molecule has 0 unspecified atom stereocenters. The van der Waals surface area contributed by atoms with Crippen molar-refractivity contribution in [2.24, 2.45) is 5.92 Å². The quantitative estimate of drug-likeness (QED) is 0.872. The number of amides is 3. The second-order valence-electron chi connectivity index (χ2n) is 8.41. The van der Waals surface area contributed by atoms with Gasteiger partial charge in [0.2, 0.25) is 11.8 Å². The maximum absolute atomic E-state index is 13.3. The highest BCUT2D eigenvalue weighted by Crippen LogP contribution is 2.51. The van der Waals surface area contributed by atoms with Crippen molar-refractivity contribution in [2.45, 2.75) is 50.6 Å². The largest absolute Gasteiger partial charge is 0.325 e. The van der Waals surface area contributed by atoms with Gasteiger partial charge in [-0.05, 0) is 42.9 Å². The van der Waals surface area contributed by atoms with Gasteiger partial charge in [0.1, 0.15) is 17.2 Å². The van der Waals surface area contributed by atoms with E-state index >= 15 is 0 Å². The molecule has 5 rings (SSSR count). The molecule has 2 saturated heterocycles. The van der Waals surface area contributed by atoms with E-state index in [2.05, 4.69) is 19.2 Å². The normalized spacial score (nSPS) is 31.4. The molecule has 1 aromatic rings. The van der Waals surface area contributed by atoms with E-state index in [0.29, 0.717) is 25.1 Å². The second kappa shape index (κ2) is 5.44. The van der Waals surface area contributed by atoms with Crippen LogP contribution in [-0.4, -0.2) is 46.1 Å². The maximum atomic E-state index is 13.3. The van der Waals surface area contributed by atoms with Gasteiger partial charge in [0.05, 0.1) is 6.04 Å². The van der Waals surface area contributed by atoms with Crippen LogP contribution in [-0.2, 0) is 19.8 Å². The van der Waals surface area contributed by atoms with E-state index < -0.39 is 5.41 Å². The third kappa shape index (κ3) is 1.98. The molecule has 3 atom stereocenters. The predicted octanol–water partition coefficient (Wildman–Crippen LogP) is 2.02. The number of rotatable bonds is 2. The summed E-state index contributed by atoms with van der Waals surface area (Å²) in [6, 6.07) is 6.87. The number of nitrogens with zero attached hydrogens (tertiary/aromatic N) is 2. The maximum Gasteiger partial charge on any atom is 0.270 e. The Labute approximate surface area is 158 Å². The van der Waals surface area contributed by atoms with Crippen molar-refractivity contribution in [3.05, 3.63) is 41.6 Å². The zero-order valence-corrected chi connectivity index (χ0v) is 15.6. The first-order valence-corrected chi connectivity index (χ1v) is 9.73. The topological polar surface area (TPSA) is 69.7 Å². The Hall–Kier alpha value is -2.63. The molecule has 6 nitrogen and oxygen atoms in total. The summed E-state index contributed by atoms with van der Waals surface area (Å²) in [5.74, 6) is -0.000301. The number of para-hydroxylation sites is 1. The Bertz CT molecular complexity index is 906. The molecule has 27 heavy (non-hydrogen) atoms. The Kier molecular flexibility index (Phi) is 3.33. The predicted molar refractivity (Wildman–Crippen MR) is 99.7 cm³/mol.